The van der Waals surface area contributed by atoms with Gasteiger partial charge in [0, 0.05) is 26.1 Å². The molecule has 16 heavy (non-hydrogen) atoms. The largest absolute Gasteiger partial charge is 0.381 e. The average Bonchev–Trinajstić information content (AvgIpc) is 2.23. The van der Waals surface area contributed by atoms with Gasteiger partial charge in [0.25, 0.3) is 0 Å². The van der Waals surface area contributed by atoms with Gasteiger partial charge < -0.3 is 15.4 Å². The summed E-state index contributed by atoms with van der Waals surface area (Å²) in [6.45, 7) is 6.36. The van der Waals surface area contributed by atoms with E-state index in [1.165, 1.54) is 0 Å². The molecule has 0 heterocycles. The Kier molecular flexibility index (Phi) is 9.70. The van der Waals surface area contributed by atoms with E-state index < -0.39 is 0 Å². The van der Waals surface area contributed by atoms with Crippen molar-refractivity contribution in [3.8, 4) is 0 Å². The van der Waals surface area contributed by atoms with Gasteiger partial charge in [0.1, 0.15) is 0 Å². The van der Waals surface area contributed by atoms with Crippen LogP contribution in [0.15, 0.2) is 0 Å². The van der Waals surface area contributed by atoms with Gasteiger partial charge >= 0.3 is 0 Å². The molecule has 0 atom stereocenters. The lowest BCUT2D eigenvalue weighted by molar-refractivity contribution is -0.122. The standard InChI is InChI=1S/C11H22N2O3/c1-10(2)3-7-16-8-4-11(15)13-6-5-12-9-14/h9-10H,3-8H2,1-2H3,(H,12,14)(H,13,15). The molecule has 5 heteroatoms. The summed E-state index contributed by atoms with van der Waals surface area (Å²) in [5.41, 5.74) is 0. The topological polar surface area (TPSA) is 67.4 Å². The normalized spacial score (nSPS) is 10.2. The van der Waals surface area contributed by atoms with E-state index in [1.54, 1.807) is 0 Å². The van der Waals surface area contributed by atoms with Crippen molar-refractivity contribution in [2.24, 2.45) is 5.92 Å². The second-order valence-corrected chi connectivity index (χ2v) is 3.97. The Morgan fingerprint density at radius 2 is 2.06 bits per heavy atom. The lowest BCUT2D eigenvalue weighted by atomic mass is 10.1. The van der Waals surface area contributed by atoms with E-state index in [2.05, 4.69) is 24.5 Å². The summed E-state index contributed by atoms with van der Waals surface area (Å²) in [6, 6.07) is 0. The molecule has 0 aromatic carbocycles. The minimum absolute atomic E-state index is 0.0442. The summed E-state index contributed by atoms with van der Waals surface area (Å²) in [5.74, 6) is 0.584. The van der Waals surface area contributed by atoms with Gasteiger partial charge in [-0.1, -0.05) is 13.8 Å². The highest BCUT2D eigenvalue weighted by atomic mass is 16.5. The van der Waals surface area contributed by atoms with Gasteiger partial charge in [-0.05, 0) is 12.3 Å². The van der Waals surface area contributed by atoms with Crippen LogP contribution < -0.4 is 10.6 Å². The number of hydrogen-bond acceptors (Lipinski definition) is 3. The summed E-state index contributed by atoms with van der Waals surface area (Å²) >= 11 is 0. The third-order valence-electron chi connectivity index (χ3n) is 1.99. The molecule has 0 aliphatic rings. The molecule has 2 N–H and O–H groups in total. The molecule has 0 bridgehead atoms. The van der Waals surface area contributed by atoms with Crippen molar-refractivity contribution in [3.63, 3.8) is 0 Å². The van der Waals surface area contributed by atoms with E-state index in [4.69, 9.17) is 4.74 Å². The highest BCUT2D eigenvalue weighted by Crippen LogP contribution is 1.98. The quantitative estimate of drug-likeness (QED) is 0.419. The first kappa shape index (κ1) is 14.9. The molecule has 2 amide bonds. The van der Waals surface area contributed by atoms with E-state index in [9.17, 15) is 9.59 Å². The van der Waals surface area contributed by atoms with Crippen LogP contribution in [0.5, 0.6) is 0 Å². The Morgan fingerprint density at radius 3 is 2.69 bits per heavy atom. The number of rotatable bonds is 10. The fraction of sp³-hybridized carbons (Fsp3) is 0.818. The van der Waals surface area contributed by atoms with E-state index in [0.717, 1.165) is 6.42 Å². The fourth-order valence-corrected chi connectivity index (χ4v) is 1.01. The molecule has 0 aromatic heterocycles. The Hall–Kier alpha value is -1.10. The van der Waals surface area contributed by atoms with Gasteiger partial charge in [-0.2, -0.15) is 0 Å². The predicted octanol–water partition coefficient (Wildman–Crippen LogP) is 0.301. The molecule has 0 aliphatic carbocycles. The molecule has 0 radical (unpaired) electrons. The molecular formula is C11H22N2O3. The van der Waals surface area contributed by atoms with Crippen LogP contribution in [0.4, 0.5) is 0 Å². The van der Waals surface area contributed by atoms with E-state index in [-0.39, 0.29) is 5.91 Å². The van der Waals surface area contributed by atoms with Crippen molar-refractivity contribution < 1.29 is 14.3 Å². The second-order valence-electron chi connectivity index (χ2n) is 3.97. The predicted molar refractivity (Wildman–Crippen MR) is 62.0 cm³/mol. The van der Waals surface area contributed by atoms with E-state index in [1.807, 2.05) is 0 Å². The van der Waals surface area contributed by atoms with E-state index >= 15 is 0 Å². The number of ether oxygens (including phenoxy) is 1. The molecule has 0 aromatic rings. The summed E-state index contributed by atoms with van der Waals surface area (Å²) in [4.78, 5) is 21.1. The highest BCUT2D eigenvalue weighted by molar-refractivity contribution is 5.75. The molecule has 0 saturated carbocycles. The van der Waals surface area contributed by atoms with Crippen molar-refractivity contribution in [2.75, 3.05) is 26.3 Å². The first-order valence-corrected chi connectivity index (χ1v) is 5.68. The van der Waals surface area contributed by atoms with E-state index in [0.29, 0.717) is 45.1 Å². The molecule has 5 nitrogen and oxygen atoms in total. The summed E-state index contributed by atoms with van der Waals surface area (Å²) in [5, 5.41) is 5.14. The van der Waals surface area contributed by atoms with Crippen molar-refractivity contribution in [2.45, 2.75) is 26.7 Å². The Labute approximate surface area is 96.9 Å². The average molecular weight is 230 g/mol. The lowest BCUT2D eigenvalue weighted by Crippen LogP contribution is -2.31. The highest BCUT2D eigenvalue weighted by Gasteiger charge is 2.00. The van der Waals surface area contributed by atoms with Crippen molar-refractivity contribution in [1.82, 2.24) is 10.6 Å². The molecule has 0 saturated heterocycles. The third-order valence-corrected chi connectivity index (χ3v) is 1.99. The van der Waals surface area contributed by atoms with Crippen LogP contribution in [0.1, 0.15) is 26.7 Å². The molecule has 0 rings (SSSR count). The van der Waals surface area contributed by atoms with Gasteiger partial charge in [-0.15, -0.1) is 0 Å². The lowest BCUT2D eigenvalue weighted by Gasteiger charge is -2.07. The van der Waals surface area contributed by atoms with Crippen molar-refractivity contribution in [3.05, 3.63) is 0 Å². The van der Waals surface area contributed by atoms with Gasteiger partial charge in [0.15, 0.2) is 0 Å². The number of hydrogen-bond donors (Lipinski definition) is 2. The molecule has 0 spiro atoms. The van der Waals surface area contributed by atoms with Gasteiger partial charge in [-0.25, -0.2) is 0 Å². The second kappa shape index (κ2) is 10.4. The van der Waals surface area contributed by atoms with Crippen LogP contribution in [0, 0.1) is 5.92 Å². The number of amides is 2. The molecule has 0 fully saturated rings. The SMILES string of the molecule is CC(C)CCOCCC(=O)NCCNC=O. The summed E-state index contributed by atoms with van der Waals surface area (Å²) in [6.07, 6.45) is 2.01. The summed E-state index contributed by atoms with van der Waals surface area (Å²) in [7, 11) is 0. The van der Waals surface area contributed by atoms with Crippen LogP contribution >= 0.6 is 0 Å². The number of nitrogens with one attached hydrogen (secondary N) is 2. The Bertz CT molecular complexity index is 196. The monoisotopic (exact) mass is 230 g/mol. The van der Waals surface area contributed by atoms with Gasteiger partial charge in [-0.3, -0.25) is 9.59 Å². The van der Waals surface area contributed by atoms with Crippen molar-refractivity contribution >= 4 is 12.3 Å². The maximum Gasteiger partial charge on any atom is 0.222 e. The van der Waals surface area contributed by atoms with Crippen LogP contribution in [-0.2, 0) is 14.3 Å². The summed E-state index contributed by atoms with van der Waals surface area (Å²) < 4.78 is 5.31. The zero-order chi connectivity index (χ0) is 12.2. The van der Waals surface area contributed by atoms with Gasteiger partial charge in [0.05, 0.1) is 6.61 Å². The Morgan fingerprint density at radius 1 is 1.31 bits per heavy atom. The van der Waals surface area contributed by atoms with Crippen LogP contribution in [0.3, 0.4) is 0 Å². The van der Waals surface area contributed by atoms with Crippen LogP contribution in [0.2, 0.25) is 0 Å². The Balaban J connectivity index is 3.20. The van der Waals surface area contributed by atoms with Gasteiger partial charge in [0.2, 0.25) is 12.3 Å². The molecule has 0 unspecified atom stereocenters. The maximum absolute atomic E-state index is 11.2. The zero-order valence-electron chi connectivity index (χ0n) is 10.1. The van der Waals surface area contributed by atoms with Crippen LogP contribution in [0.25, 0.3) is 0 Å². The first-order chi connectivity index (χ1) is 7.66. The zero-order valence-corrected chi connectivity index (χ0v) is 10.1. The third kappa shape index (κ3) is 11.0. The molecular weight excluding hydrogens is 208 g/mol. The first-order valence-electron chi connectivity index (χ1n) is 5.68. The smallest absolute Gasteiger partial charge is 0.222 e. The minimum Gasteiger partial charge on any atom is -0.381 e. The van der Waals surface area contributed by atoms with Crippen molar-refractivity contribution in [1.29, 1.82) is 0 Å². The maximum atomic E-state index is 11.2. The van der Waals surface area contributed by atoms with Crippen LogP contribution in [-0.4, -0.2) is 38.6 Å². The minimum atomic E-state index is -0.0442. The molecule has 94 valence electrons. The number of carbonyl (C=O) groups is 2. The number of carbonyl (C=O) groups excluding carboxylic acids is 2. The molecule has 0 aliphatic heterocycles. The fourth-order valence-electron chi connectivity index (χ4n) is 1.01.